The summed E-state index contributed by atoms with van der Waals surface area (Å²) in [5.74, 6) is 0.580. The van der Waals surface area contributed by atoms with Gasteiger partial charge in [0.1, 0.15) is 15.9 Å². The molecule has 8 heteroatoms. The normalized spacial score (nSPS) is 11.5. The van der Waals surface area contributed by atoms with Crippen molar-refractivity contribution in [2.45, 2.75) is 18.4 Å². The second kappa shape index (κ2) is 5.60. The van der Waals surface area contributed by atoms with Gasteiger partial charge in [0.2, 0.25) is 10.0 Å². The Kier molecular flexibility index (Phi) is 4.08. The SMILES string of the molecule is Cc1nccc(CNS(=O)(=O)c2cccnc2Cl)n1. The number of hydrogen-bond acceptors (Lipinski definition) is 5. The molecule has 0 radical (unpaired) electrons. The van der Waals surface area contributed by atoms with Crippen LogP contribution in [0.5, 0.6) is 0 Å². The van der Waals surface area contributed by atoms with Crippen molar-refractivity contribution in [1.29, 1.82) is 0 Å². The first-order valence-corrected chi connectivity index (χ1v) is 7.24. The maximum atomic E-state index is 12.0. The summed E-state index contributed by atoms with van der Waals surface area (Å²) in [4.78, 5) is 11.7. The van der Waals surface area contributed by atoms with Crippen LogP contribution < -0.4 is 4.72 Å². The van der Waals surface area contributed by atoms with Crippen molar-refractivity contribution in [3.63, 3.8) is 0 Å². The van der Waals surface area contributed by atoms with Crippen LogP contribution in [0.25, 0.3) is 0 Å². The van der Waals surface area contributed by atoms with Crippen molar-refractivity contribution in [2.75, 3.05) is 0 Å². The van der Waals surface area contributed by atoms with Gasteiger partial charge in [-0.1, -0.05) is 11.6 Å². The van der Waals surface area contributed by atoms with Crippen LogP contribution in [-0.4, -0.2) is 23.4 Å². The summed E-state index contributed by atoms with van der Waals surface area (Å²) in [6.45, 7) is 1.80. The van der Waals surface area contributed by atoms with Crippen LogP contribution in [0.2, 0.25) is 5.15 Å². The minimum atomic E-state index is -3.71. The molecular weight excluding hydrogens is 288 g/mol. The second-order valence-corrected chi connectivity index (χ2v) is 5.81. The third kappa shape index (κ3) is 3.46. The number of hydrogen-bond donors (Lipinski definition) is 1. The topological polar surface area (TPSA) is 84.8 Å². The van der Waals surface area contributed by atoms with E-state index in [1.165, 1.54) is 18.3 Å². The van der Waals surface area contributed by atoms with Gasteiger partial charge in [-0.2, -0.15) is 0 Å². The van der Waals surface area contributed by atoms with E-state index in [-0.39, 0.29) is 16.6 Å². The molecule has 2 aromatic heterocycles. The van der Waals surface area contributed by atoms with Gasteiger partial charge in [-0.25, -0.2) is 28.1 Å². The molecule has 1 N–H and O–H groups in total. The van der Waals surface area contributed by atoms with Crippen molar-refractivity contribution in [1.82, 2.24) is 19.7 Å². The van der Waals surface area contributed by atoms with E-state index in [0.29, 0.717) is 11.5 Å². The highest BCUT2D eigenvalue weighted by atomic mass is 35.5. The largest absolute Gasteiger partial charge is 0.243 e. The van der Waals surface area contributed by atoms with E-state index in [0.717, 1.165) is 0 Å². The molecule has 6 nitrogen and oxygen atoms in total. The highest BCUT2D eigenvalue weighted by molar-refractivity contribution is 7.89. The van der Waals surface area contributed by atoms with Crippen LogP contribution >= 0.6 is 11.6 Å². The summed E-state index contributed by atoms with van der Waals surface area (Å²) in [6.07, 6.45) is 3.00. The zero-order chi connectivity index (χ0) is 13.9. The first kappa shape index (κ1) is 13.9. The summed E-state index contributed by atoms with van der Waals surface area (Å²) in [5.41, 5.74) is 0.580. The molecule has 0 bridgehead atoms. The fraction of sp³-hybridized carbons (Fsp3) is 0.182. The van der Waals surface area contributed by atoms with E-state index in [4.69, 9.17) is 11.6 Å². The van der Waals surface area contributed by atoms with Gasteiger partial charge in [0.25, 0.3) is 0 Å². The van der Waals surface area contributed by atoms with E-state index in [1.54, 1.807) is 19.2 Å². The van der Waals surface area contributed by atoms with Gasteiger partial charge in [-0.05, 0) is 25.1 Å². The van der Waals surface area contributed by atoms with Gasteiger partial charge in [-0.15, -0.1) is 0 Å². The zero-order valence-corrected chi connectivity index (χ0v) is 11.6. The standard InChI is InChI=1S/C11H11ClN4O2S/c1-8-13-6-4-9(16-8)7-15-19(17,18)10-3-2-5-14-11(10)12/h2-6,15H,7H2,1H3. The molecule has 0 saturated carbocycles. The number of rotatable bonds is 4. The molecule has 0 aliphatic carbocycles. The lowest BCUT2D eigenvalue weighted by Gasteiger charge is -2.07. The molecule has 2 aromatic rings. The summed E-state index contributed by atoms with van der Waals surface area (Å²) >= 11 is 5.76. The Balaban J connectivity index is 2.17. The van der Waals surface area contributed by atoms with Crippen LogP contribution in [0.3, 0.4) is 0 Å². The lowest BCUT2D eigenvalue weighted by molar-refractivity contribution is 0.580. The Bertz CT molecular complexity index is 691. The second-order valence-electron chi connectivity index (χ2n) is 3.71. The predicted octanol–water partition coefficient (Wildman–Crippen LogP) is 1.31. The molecule has 0 aliphatic heterocycles. The van der Waals surface area contributed by atoms with E-state index in [2.05, 4.69) is 19.7 Å². The highest BCUT2D eigenvalue weighted by Gasteiger charge is 2.18. The van der Waals surface area contributed by atoms with Crippen molar-refractivity contribution < 1.29 is 8.42 Å². The number of aromatic nitrogens is 3. The highest BCUT2D eigenvalue weighted by Crippen LogP contribution is 2.17. The molecule has 0 fully saturated rings. The molecule has 0 atom stereocenters. The number of halogens is 1. The fourth-order valence-corrected chi connectivity index (χ4v) is 2.87. The van der Waals surface area contributed by atoms with Crippen molar-refractivity contribution in [3.8, 4) is 0 Å². The maximum absolute atomic E-state index is 12.0. The lowest BCUT2D eigenvalue weighted by Crippen LogP contribution is -2.24. The molecule has 19 heavy (non-hydrogen) atoms. The van der Waals surface area contributed by atoms with E-state index >= 15 is 0 Å². The molecule has 0 spiro atoms. The van der Waals surface area contributed by atoms with Gasteiger partial charge >= 0.3 is 0 Å². The van der Waals surface area contributed by atoms with Crippen LogP contribution in [0.15, 0.2) is 35.5 Å². The predicted molar refractivity (Wildman–Crippen MR) is 70.0 cm³/mol. The van der Waals surface area contributed by atoms with Gasteiger partial charge in [0.15, 0.2) is 0 Å². The molecular formula is C11H11ClN4O2S. The quantitative estimate of drug-likeness (QED) is 0.860. The van der Waals surface area contributed by atoms with E-state index < -0.39 is 10.0 Å². The minimum Gasteiger partial charge on any atom is -0.243 e. The summed E-state index contributed by atoms with van der Waals surface area (Å²) in [5, 5.41) is -0.0612. The van der Waals surface area contributed by atoms with Crippen molar-refractivity contribution >= 4 is 21.6 Å². The maximum Gasteiger partial charge on any atom is 0.243 e. The third-order valence-electron chi connectivity index (χ3n) is 2.29. The summed E-state index contributed by atoms with van der Waals surface area (Å²) in [7, 11) is -3.71. The van der Waals surface area contributed by atoms with Gasteiger partial charge in [0, 0.05) is 12.4 Å². The Labute approximate surface area is 115 Å². The fourth-order valence-electron chi connectivity index (χ4n) is 1.42. The molecule has 2 rings (SSSR count). The monoisotopic (exact) mass is 298 g/mol. The third-order valence-corrected chi connectivity index (χ3v) is 4.14. The average Bonchev–Trinajstić information content (AvgIpc) is 2.37. The van der Waals surface area contributed by atoms with Crippen LogP contribution in [0, 0.1) is 6.92 Å². The smallest absolute Gasteiger partial charge is 0.243 e. The molecule has 0 unspecified atom stereocenters. The number of pyridine rings is 1. The molecule has 2 heterocycles. The molecule has 0 saturated heterocycles. The number of sulfonamides is 1. The van der Waals surface area contributed by atoms with Crippen LogP contribution in [0.4, 0.5) is 0 Å². The number of nitrogens with one attached hydrogen (secondary N) is 1. The van der Waals surface area contributed by atoms with Crippen molar-refractivity contribution in [3.05, 3.63) is 47.3 Å². The van der Waals surface area contributed by atoms with Gasteiger partial charge in [-0.3, -0.25) is 0 Å². The first-order valence-electron chi connectivity index (χ1n) is 5.38. The summed E-state index contributed by atoms with van der Waals surface area (Å²) in [6, 6.07) is 4.54. The molecule has 0 aliphatic rings. The molecule has 0 amide bonds. The van der Waals surface area contributed by atoms with E-state index in [1.807, 2.05) is 0 Å². The average molecular weight is 299 g/mol. The number of aryl methyl sites for hydroxylation is 1. The van der Waals surface area contributed by atoms with Gasteiger partial charge in [0.05, 0.1) is 12.2 Å². The van der Waals surface area contributed by atoms with Gasteiger partial charge < -0.3 is 0 Å². The summed E-state index contributed by atoms with van der Waals surface area (Å²) < 4.78 is 26.5. The first-order chi connectivity index (χ1) is 8.99. The Hall–Kier alpha value is -1.57. The Morgan fingerprint density at radius 2 is 2.05 bits per heavy atom. The minimum absolute atomic E-state index is 0.0533. The number of nitrogens with zero attached hydrogens (tertiary/aromatic N) is 3. The van der Waals surface area contributed by atoms with Crippen molar-refractivity contribution in [2.24, 2.45) is 0 Å². The lowest BCUT2D eigenvalue weighted by atomic mass is 10.4. The zero-order valence-electron chi connectivity index (χ0n) is 10.0. The molecule has 100 valence electrons. The molecule has 0 aromatic carbocycles. The Morgan fingerprint density at radius 1 is 1.26 bits per heavy atom. The van der Waals surface area contributed by atoms with Crippen LogP contribution in [0.1, 0.15) is 11.5 Å². The van der Waals surface area contributed by atoms with Crippen LogP contribution in [-0.2, 0) is 16.6 Å². The van der Waals surface area contributed by atoms with E-state index in [9.17, 15) is 8.42 Å². The Morgan fingerprint density at radius 3 is 2.74 bits per heavy atom.